The van der Waals surface area contributed by atoms with E-state index in [1.807, 2.05) is 0 Å². The minimum Gasteiger partial charge on any atom is -0.384 e. The van der Waals surface area contributed by atoms with Crippen molar-refractivity contribution in [2.24, 2.45) is 0 Å². The molecule has 2 N–H and O–H groups in total. The van der Waals surface area contributed by atoms with E-state index in [0.717, 1.165) is 6.07 Å². The molecule has 6 heteroatoms. The number of nitrogens with zero attached hydrogens (tertiary/aromatic N) is 2. The monoisotopic (exact) mass is 253 g/mol. The molecule has 0 atom stereocenters. The van der Waals surface area contributed by atoms with E-state index >= 15 is 0 Å². The van der Waals surface area contributed by atoms with Gasteiger partial charge in [0.05, 0.1) is 5.56 Å². The van der Waals surface area contributed by atoms with Crippen LogP contribution >= 0.6 is 0 Å². The van der Waals surface area contributed by atoms with Gasteiger partial charge in [-0.1, -0.05) is 18.2 Å². The summed E-state index contributed by atoms with van der Waals surface area (Å²) < 4.78 is 38.3. The lowest BCUT2D eigenvalue weighted by Crippen LogP contribution is -2.10. The second-order valence-corrected chi connectivity index (χ2v) is 3.73. The third-order valence-electron chi connectivity index (χ3n) is 2.40. The number of rotatable bonds is 2. The van der Waals surface area contributed by atoms with Gasteiger partial charge in [0, 0.05) is 12.6 Å². The van der Waals surface area contributed by atoms with E-state index in [4.69, 9.17) is 5.73 Å². The Morgan fingerprint density at radius 2 is 1.83 bits per heavy atom. The molecule has 18 heavy (non-hydrogen) atoms. The molecule has 0 aliphatic rings. The SMILES string of the molecule is Nc1ccnc(Cc2ccccc2C(F)(F)F)n1. The van der Waals surface area contributed by atoms with Crippen LogP contribution in [-0.2, 0) is 12.6 Å². The number of benzene rings is 1. The maximum absolute atomic E-state index is 12.8. The first-order valence-corrected chi connectivity index (χ1v) is 5.19. The summed E-state index contributed by atoms with van der Waals surface area (Å²) in [6.07, 6.45) is -2.95. The maximum Gasteiger partial charge on any atom is 0.416 e. The molecule has 1 aromatic carbocycles. The molecule has 0 spiro atoms. The first-order chi connectivity index (χ1) is 8.47. The molecule has 0 unspecified atom stereocenters. The van der Waals surface area contributed by atoms with Crippen LogP contribution in [0.15, 0.2) is 36.5 Å². The Bertz CT molecular complexity index is 552. The number of anilines is 1. The quantitative estimate of drug-likeness (QED) is 0.895. The van der Waals surface area contributed by atoms with Crippen LogP contribution in [0.3, 0.4) is 0 Å². The van der Waals surface area contributed by atoms with Crippen molar-refractivity contribution in [2.45, 2.75) is 12.6 Å². The summed E-state index contributed by atoms with van der Waals surface area (Å²) in [6, 6.07) is 6.85. The van der Waals surface area contributed by atoms with Crippen molar-refractivity contribution in [1.29, 1.82) is 0 Å². The van der Waals surface area contributed by atoms with Gasteiger partial charge in [-0.05, 0) is 17.7 Å². The van der Waals surface area contributed by atoms with Crippen molar-refractivity contribution in [3.8, 4) is 0 Å². The number of hydrogen-bond donors (Lipinski definition) is 1. The summed E-state index contributed by atoms with van der Waals surface area (Å²) in [5, 5.41) is 0. The second kappa shape index (κ2) is 4.64. The predicted molar refractivity (Wildman–Crippen MR) is 60.7 cm³/mol. The molecule has 3 nitrogen and oxygen atoms in total. The highest BCUT2D eigenvalue weighted by atomic mass is 19.4. The van der Waals surface area contributed by atoms with E-state index in [-0.39, 0.29) is 23.6 Å². The van der Waals surface area contributed by atoms with Gasteiger partial charge in [0.15, 0.2) is 0 Å². The fraction of sp³-hybridized carbons (Fsp3) is 0.167. The Kier molecular flexibility index (Phi) is 3.18. The Balaban J connectivity index is 2.35. The Morgan fingerprint density at radius 3 is 2.50 bits per heavy atom. The molecule has 2 aromatic rings. The molecule has 0 aliphatic carbocycles. The van der Waals surface area contributed by atoms with Gasteiger partial charge in [0.1, 0.15) is 11.6 Å². The van der Waals surface area contributed by atoms with Gasteiger partial charge >= 0.3 is 6.18 Å². The lowest BCUT2D eigenvalue weighted by Gasteiger charge is -2.11. The number of aromatic nitrogens is 2. The first kappa shape index (κ1) is 12.3. The minimum atomic E-state index is -4.38. The molecule has 0 fully saturated rings. The number of nitrogens with two attached hydrogens (primary N) is 1. The molecular weight excluding hydrogens is 243 g/mol. The average Bonchev–Trinajstić information content (AvgIpc) is 2.28. The molecule has 2 rings (SSSR count). The number of hydrogen-bond acceptors (Lipinski definition) is 3. The third kappa shape index (κ3) is 2.77. The van der Waals surface area contributed by atoms with Crippen molar-refractivity contribution in [3.63, 3.8) is 0 Å². The number of halogens is 3. The molecular formula is C12H10F3N3. The summed E-state index contributed by atoms with van der Waals surface area (Å²) in [4.78, 5) is 7.79. The largest absolute Gasteiger partial charge is 0.416 e. The van der Waals surface area contributed by atoms with E-state index in [1.165, 1.54) is 24.4 Å². The van der Waals surface area contributed by atoms with E-state index in [0.29, 0.717) is 0 Å². The van der Waals surface area contributed by atoms with Gasteiger partial charge < -0.3 is 5.73 Å². The van der Waals surface area contributed by atoms with Crippen molar-refractivity contribution in [1.82, 2.24) is 9.97 Å². The first-order valence-electron chi connectivity index (χ1n) is 5.19. The number of nitrogen functional groups attached to an aromatic ring is 1. The molecule has 0 saturated heterocycles. The summed E-state index contributed by atoms with van der Waals surface area (Å²) in [7, 11) is 0. The van der Waals surface area contributed by atoms with Crippen LogP contribution in [0.2, 0.25) is 0 Å². The van der Waals surface area contributed by atoms with Crippen LogP contribution in [0.4, 0.5) is 19.0 Å². The van der Waals surface area contributed by atoms with Gasteiger partial charge in [-0.25, -0.2) is 9.97 Å². The summed E-state index contributed by atoms with van der Waals surface area (Å²) in [5.41, 5.74) is 4.93. The fourth-order valence-corrected chi connectivity index (χ4v) is 1.62. The highest BCUT2D eigenvalue weighted by molar-refractivity contribution is 5.33. The second-order valence-electron chi connectivity index (χ2n) is 3.73. The highest BCUT2D eigenvalue weighted by Crippen LogP contribution is 2.32. The molecule has 94 valence electrons. The topological polar surface area (TPSA) is 51.8 Å². The van der Waals surface area contributed by atoms with Crippen LogP contribution < -0.4 is 5.73 Å². The molecule has 1 heterocycles. The van der Waals surface area contributed by atoms with Crippen LogP contribution in [0.5, 0.6) is 0 Å². The Hall–Kier alpha value is -2.11. The molecule has 0 aliphatic heterocycles. The normalized spacial score (nSPS) is 11.5. The fourth-order valence-electron chi connectivity index (χ4n) is 1.62. The van der Waals surface area contributed by atoms with Crippen LogP contribution in [0, 0.1) is 0 Å². The average molecular weight is 253 g/mol. The van der Waals surface area contributed by atoms with Gasteiger partial charge in [0.25, 0.3) is 0 Å². The molecule has 0 bridgehead atoms. The summed E-state index contributed by atoms with van der Waals surface area (Å²) in [5.74, 6) is 0.510. The van der Waals surface area contributed by atoms with Gasteiger partial charge in [-0.2, -0.15) is 13.2 Å². The van der Waals surface area contributed by atoms with Gasteiger partial charge in [-0.3, -0.25) is 0 Å². The van der Waals surface area contributed by atoms with Crippen LogP contribution in [-0.4, -0.2) is 9.97 Å². The zero-order valence-corrected chi connectivity index (χ0v) is 9.28. The molecule has 0 saturated carbocycles. The lowest BCUT2D eigenvalue weighted by molar-refractivity contribution is -0.138. The third-order valence-corrected chi connectivity index (χ3v) is 2.40. The zero-order chi connectivity index (χ0) is 13.2. The smallest absolute Gasteiger partial charge is 0.384 e. The molecule has 0 amide bonds. The maximum atomic E-state index is 12.8. The van der Waals surface area contributed by atoms with E-state index in [2.05, 4.69) is 9.97 Å². The summed E-state index contributed by atoms with van der Waals surface area (Å²) in [6.45, 7) is 0. The predicted octanol–water partition coefficient (Wildman–Crippen LogP) is 2.67. The molecule has 0 radical (unpaired) electrons. The van der Waals surface area contributed by atoms with E-state index in [1.54, 1.807) is 6.07 Å². The van der Waals surface area contributed by atoms with Crippen molar-refractivity contribution in [2.75, 3.05) is 5.73 Å². The number of alkyl halides is 3. The van der Waals surface area contributed by atoms with Crippen molar-refractivity contribution >= 4 is 5.82 Å². The van der Waals surface area contributed by atoms with Gasteiger partial charge in [-0.15, -0.1) is 0 Å². The van der Waals surface area contributed by atoms with Crippen LogP contribution in [0.1, 0.15) is 17.0 Å². The van der Waals surface area contributed by atoms with E-state index in [9.17, 15) is 13.2 Å². The van der Waals surface area contributed by atoms with E-state index < -0.39 is 11.7 Å². The summed E-state index contributed by atoms with van der Waals surface area (Å²) >= 11 is 0. The Morgan fingerprint density at radius 1 is 1.11 bits per heavy atom. The van der Waals surface area contributed by atoms with Gasteiger partial charge in [0.2, 0.25) is 0 Å². The van der Waals surface area contributed by atoms with Crippen molar-refractivity contribution < 1.29 is 13.2 Å². The standard InChI is InChI=1S/C12H10F3N3/c13-12(14,15)9-4-2-1-3-8(9)7-11-17-6-5-10(16)18-11/h1-6H,7H2,(H2,16,17,18). The minimum absolute atomic E-state index is 0.000718. The molecule has 1 aromatic heterocycles. The van der Waals surface area contributed by atoms with Crippen LogP contribution in [0.25, 0.3) is 0 Å². The lowest BCUT2D eigenvalue weighted by atomic mass is 10.0. The Labute approximate surface area is 101 Å². The zero-order valence-electron chi connectivity index (χ0n) is 9.28. The highest BCUT2D eigenvalue weighted by Gasteiger charge is 2.32. The van der Waals surface area contributed by atoms with Crippen molar-refractivity contribution in [3.05, 3.63) is 53.5 Å².